The number of thioether (sulfide) groups is 1. The van der Waals surface area contributed by atoms with Gasteiger partial charge in [-0.25, -0.2) is 9.80 Å². The first-order chi connectivity index (χ1) is 19.3. The minimum Gasteiger partial charge on any atom is -0.483 e. The van der Waals surface area contributed by atoms with Gasteiger partial charge in [-0.3, -0.25) is 15.0 Å². The fraction of sp³-hybridized carbons (Fsp3) is 0.276. The van der Waals surface area contributed by atoms with E-state index >= 15 is 0 Å². The molecule has 40 heavy (non-hydrogen) atoms. The lowest BCUT2D eigenvalue weighted by Crippen LogP contribution is -2.46. The number of aromatic nitrogens is 1. The number of halogens is 1. The van der Waals surface area contributed by atoms with Gasteiger partial charge in [0.05, 0.1) is 30.0 Å². The van der Waals surface area contributed by atoms with Gasteiger partial charge in [0, 0.05) is 33.4 Å². The van der Waals surface area contributed by atoms with E-state index in [1.54, 1.807) is 25.1 Å². The summed E-state index contributed by atoms with van der Waals surface area (Å²) in [4.78, 5) is 38.5. The fourth-order valence-electron chi connectivity index (χ4n) is 4.99. The Hall–Kier alpha value is -3.73. The van der Waals surface area contributed by atoms with Gasteiger partial charge in [-0.2, -0.15) is 0 Å². The lowest BCUT2D eigenvalue weighted by molar-refractivity contribution is -0.140. The summed E-state index contributed by atoms with van der Waals surface area (Å²) in [7, 11) is 0. The van der Waals surface area contributed by atoms with E-state index in [9.17, 15) is 19.5 Å². The number of hydrogen-bond donors (Lipinski definition) is 2. The zero-order chi connectivity index (χ0) is 28.4. The van der Waals surface area contributed by atoms with Crippen molar-refractivity contribution in [2.45, 2.75) is 25.8 Å². The fourth-order valence-corrected chi connectivity index (χ4v) is 6.23. The van der Waals surface area contributed by atoms with E-state index in [2.05, 4.69) is 5.43 Å². The number of ether oxygens (including phenoxy) is 2. The monoisotopic (exact) mass is 581 g/mol. The number of aliphatic hydroxyl groups excluding tert-OH is 1. The average molecular weight is 582 g/mol. The van der Waals surface area contributed by atoms with Crippen molar-refractivity contribution in [2.75, 3.05) is 25.6 Å². The summed E-state index contributed by atoms with van der Waals surface area (Å²) < 4.78 is 13.2. The Bertz CT molecular complexity index is 1600. The van der Waals surface area contributed by atoms with Gasteiger partial charge >= 0.3 is 5.97 Å². The van der Waals surface area contributed by atoms with Crippen molar-refractivity contribution in [3.05, 3.63) is 76.4 Å². The predicted molar refractivity (Wildman–Crippen MR) is 154 cm³/mol. The third-order valence-electron chi connectivity index (χ3n) is 6.71. The first kappa shape index (κ1) is 27.8. The number of hydrogen-bond acceptors (Lipinski definition) is 7. The first-order valence-electron chi connectivity index (χ1n) is 12.8. The molecule has 5 rings (SSSR count). The molecule has 1 aliphatic rings. The van der Waals surface area contributed by atoms with Crippen molar-refractivity contribution >= 4 is 62.8 Å². The topological polar surface area (TPSA) is 110 Å². The van der Waals surface area contributed by atoms with Crippen LogP contribution in [-0.4, -0.2) is 58.0 Å². The number of esters is 1. The molecule has 1 aliphatic heterocycles. The Morgan fingerprint density at radius 3 is 2.55 bits per heavy atom. The van der Waals surface area contributed by atoms with Gasteiger partial charge < -0.3 is 19.1 Å². The largest absolute Gasteiger partial charge is 0.483 e. The van der Waals surface area contributed by atoms with Crippen LogP contribution in [0.4, 0.5) is 0 Å². The number of nitrogens with one attached hydrogen (secondary N) is 1. The van der Waals surface area contributed by atoms with E-state index in [1.165, 1.54) is 16.8 Å². The van der Waals surface area contributed by atoms with Crippen molar-refractivity contribution in [1.29, 1.82) is 0 Å². The van der Waals surface area contributed by atoms with Gasteiger partial charge in [0.1, 0.15) is 11.1 Å². The summed E-state index contributed by atoms with van der Waals surface area (Å²) in [5.41, 5.74) is 5.35. The quantitative estimate of drug-likeness (QED) is 0.278. The molecule has 0 bridgehead atoms. The number of aliphatic hydroxyl groups is 1. The molecule has 9 nitrogen and oxygen atoms in total. The highest BCUT2D eigenvalue weighted by atomic mass is 35.5. The van der Waals surface area contributed by atoms with E-state index < -0.39 is 11.9 Å². The standard InChI is InChI=1S/C29H28ClN3O6S/c1-3-38-29(37)26-17(2)32(12-13-34)27-21-7-5-4-6-20(21)23(14-22(26)27)39-15-24(35)31-33-25(36)16-40-28(33)18-8-10-19(30)11-9-18/h4-11,14,28,34H,3,12-13,15-16H2,1-2H3,(H,31,35)/t28-/m0/s1. The SMILES string of the molecule is CCOC(=O)c1c(C)n(CCO)c2c1cc(OCC(=O)NN1C(=O)CS[C@H]1c1ccc(Cl)cc1)c1ccccc12. The molecule has 2 heterocycles. The molecule has 0 radical (unpaired) electrons. The number of rotatable bonds is 9. The molecule has 1 atom stereocenters. The van der Waals surface area contributed by atoms with Crippen LogP contribution in [-0.2, 0) is 20.9 Å². The van der Waals surface area contributed by atoms with Crippen molar-refractivity contribution in [1.82, 2.24) is 15.0 Å². The Labute approximate surface area is 239 Å². The summed E-state index contributed by atoms with van der Waals surface area (Å²) in [5.74, 6) is -0.555. The summed E-state index contributed by atoms with van der Waals surface area (Å²) in [5, 5.41) is 13.4. The lowest BCUT2D eigenvalue weighted by Gasteiger charge is -2.24. The molecular formula is C29H28ClN3O6S. The van der Waals surface area contributed by atoms with Crippen molar-refractivity contribution in [3.63, 3.8) is 0 Å². The molecule has 0 saturated carbocycles. The molecule has 11 heteroatoms. The number of hydrazine groups is 1. The Morgan fingerprint density at radius 1 is 1.12 bits per heavy atom. The van der Waals surface area contributed by atoms with E-state index in [4.69, 9.17) is 21.1 Å². The average Bonchev–Trinajstić information content (AvgIpc) is 3.44. The highest BCUT2D eigenvalue weighted by Gasteiger charge is 2.34. The number of carbonyl (C=O) groups excluding carboxylic acids is 3. The Balaban J connectivity index is 1.45. The second-order valence-electron chi connectivity index (χ2n) is 9.17. The summed E-state index contributed by atoms with van der Waals surface area (Å²) in [6.07, 6.45) is 0. The Morgan fingerprint density at radius 2 is 1.85 bits per heavy atom. The zero-order valence-electron chi connectivity index (χ0n) is 22.0. The van der Waals surface area contributed by atoms with Crippen molar-refractivity contribution in [2.24, 2.45) is 0 Å². The van der Waals surface area contributed by atoms with Crippen molar-refractivity contribution < 1.29 is 29.0 Å². The van der Waals surface area contributed by atoms with Crippen LogP contribution in [0.25, 0.3) is 21.7 Å². The van der Waals surface area contributed by atoms with Crippen LogP contribution in [0.2, 0.25) is 5.02 Å². The molecule has 208 valence electrons. The molecule has 1 aromatic heterocycles. The molecule has 2 amide bonds. The normalized spacial score (nSPS) is 15.2. The van der Waals surface area contributed by atoms with Gasteiger partial charge in [-0.05, 0) is 37.6 Å². The molecule has 3 aromatic carbocycles. The number of amides is 2. The zero-order valence-corrected chi connectivity index (χ0v) is 23.6. The summed E-state index contributed by atoms with van der Waals surface area (Å²) in [6, 6.07) is 16.4. The van der Waals surface area contributed by atoms with Gasteiger partial charge in [0.25, 0.3) is 11.8 Å². The highest BCUT2D eigenvalue weighted by Crippen LogP contribution is 2.39. The van der Waals surface area contributed by atoms with E-state index in [1.807, 2.05) is 47.9 Å². The van der Waals surface area contributed by atoms with Crippen LogP contribution in [0.1, 0.15) is 33.9 Å². The number of fused-ring (bicyclic) bond motifs is 3. The van der Waals surface area contributed by atoms with E-state index in [-0.39, 0.29) is 36.9 Å². The van der Waals surface area contributed by atoms with E-state index in [0.29, 0.717) is 34.0 Å². The van der Waals surface area contributed by atoms with Crippen LogP contribution < -0.4 is 10.2 Å². The van der Waals surface area contributed by atoms with Gasteiger partial charge in [0.2, 0.25) is 0 Å². The Kier molecular flexibility index (Phi) is 8.20. The molecule has 0 unspecified atom stereocenters. The second kappa shape index (κ2) is 11.8. The third-order valence-corrected chi connectivity index (χ3v) is 8.18. The van der Waals surface area contributed by atoms with Crippen LogP contribution in [0.3, 0.4) is 0 Å². The predicted octanol–water partition coefficient (Wildman–Crippen LogP) is 4.61. The molecule has 4 aromatic rings. The first-order valence-corrected chi connectivity index (χ1v) is 14.2. The highest BCUT2D eigenvalue weighted by molar-refractivity contribution is 8.00. The third kappa shape index (κ3) is 5.22. The van der Waals surface area contributed by atoms with Gasteiger partial charge in [-0.1, -0.05) is 48.0 Å². The minimum absolute atomic E-state index is 0.107. The summed E-state index contributed by atoms with van der Waals surface area (Å²) >= 11 is 7.41. The number of nitrogens with zero attached hydrogens (tertiary/aromatic N) is 2. The lowest BCUT2D eigenvalue weighted by atomic mass is 10.0. The minimum atomic E-state index is -0.501. The smallest absolute Gasteiger partial charge is 0.340 e. The van der Waals surface area contributed by atoms with Gasteiger partial charge in [0.15, 0.2) is 6.61 Å². The van der Waals surface area contributed by atoms with Gasteiger partial charge in [-0.15, -0.1) is 11.8 Å². The van der Waals surface area contributed by atoms with Crippen LogP contribution >= 0.6 is 23.4 Å². The second-order valence-corrected chi connectivity index (χ2v) is 10.7. The number of carbonyl (C=O) groups is 3. The maximum absolute atomic E-state index is 13.0. The maximum atomic E-state index is 13.0. The molecule has 0 spiro atoms. The van der Waals surface area contributed by atoms with E-state index in [0.717, 1.165) is 21.9 Å². The number of benzene rings is 3. The van der Waals surface area contributed by atoms with Crippen LogP contribution in [0, 0.1) is 6.92 Å². The van der Waals surface area contributed by atoms with Crippen LogP contribution in [0.5, 0.6) is 5.75 Å². The summed E-state index contributed by atoms with van der Waals surface area (Å²) in [6.45, 7) is 3.60. The molecule has 1 saturated heterocycles. The molecule has 0 aliphatic carbocycles. The maximum Gasteiger partial charge on any atom is 0.340 e. The molecular weight excluding hydrogens is 554 g/mol. The van der Waals surface area contributed by atoms with Crippen LogP contribution in [0.15, 0.2) is 54.6 Å². The molecule has 2 N–H and O–H groups in total. The van der Waals surface area contributed by atoms with Crippen molar-refractivity contribution in [3.8, 4) is 5.75 Å². The molecule has 1 fully saturated rings.